The van der Waals surface area contributed by atoms with Crippen molar-refractivity contribution in [1.82, 2.24) is 9.97 Å². The first kappa shape index (κ1) is 11.2. The molecule has 0 spiro atoms. The zero-order valence-electron chi connectivity index (χ0n) is 8.33. The number of hydrogen-bond donors (Lipinski definition) is 1. The fourth-order valence-corrected chi connectivity index (χ4v) is 1.23. The van der Waals surface area contributed by atoms with E-state index in [1.165, 1.54) is 6.33 Å². The Kier molecular flexibility index (Phi) is 4.62. The molecule has 0 aliphatic rings. The van der Waals surface area contributed by atoms with Crippen LogP contribution in [0.2, 0.25) is 0 Å². The van der Waals surface area contributed by atoms with Gasteiger partial charge in [0.2, 0.25) is 0 Å². The Balaban J connectivity index is 2.57. The molecule has 1 unspecified atom stereocenters. The van der Waals surface area contributed by atoms with Crippen molar-refractivity contribution in [3.63, 3.8) is 0 Å². The molecule has 0 aliphatic heterocycles. The van der Waals surface area contributed by atoms with Crippen LogP contribution in [0.5, 0.6) is 0 Å². The Bertz CT molecular complexity index is 283. The van der Waals surface area contributed by atoms with Gasteiger partial charge in [0.05, 0.1) is 12.6 Å². The first-order valence-electron chi connectivity index (χ1n) is 4.36. The Morgan fingerprint density at radius 3 is 2.93 bits per heavy atom. The number of nitrogens with zero attached hydrogens (tertiary/aromatic N) is 2. The molecule has 5 heteroatoms. The van der Waals surface area contributed by atoms with Gasteiger partial charge in [-0.05, 0) is 6.92 Å². The molecule has 1 aromatic rings. The van der Waals surface area contributed by atoms with Gasteiger partial charge in [0.25, 0.3) is 0 Å². The number of ether oxygens (including phenoxy) is 1. The second-order valence-electron chi connectivity index (χ2n) is 3.00. The van der Waals surface area contributed by atoms with E-state index < -0.39 is 0 Å². The van der Waals surface area contributed by atoms with Gasteiger partial charge in [-0.3, -0.25) is 0 Å². The van der Waals surface area contributed by atoms with Crippen LogP contribution in [0.4, 0.5) is 5.82 Å². The molecule has 0 bridgehead atoms. The summed E-state index contributed by atoms with van der Waals surface area (Å²) in [5, 5.41) is 3.16. The Morgan fingerprint density at radius 1 is 1.57 bits per heavy atom. The third-order valence-electron chi connectivity index (χ3n) is 1.71. The lowest BCUT2D eigenvalue weighted by molar-refractivity contribution is 0.191. The van der Waals surface area contributed by atoms with Gasteiger partial charge in [0.1, 0.15) is 12.1 Å². The number of methoxy groups -OCH3 is 1. The van der Waals surface area contributed by atoms with Crippen molar-refractivity contribution in [2.75, 3.05) is 24.9 Å². The Morgan fingerprint density at radius 2 is 2.36 bits per heavy atom. The minimum absolute atomic E-state index is 0.0796. The smallest absolute Gasteiger partial charge is 0.129 e. The van der Waals surface area contributed by atoms with E-state index >= 15 is 0 Å². The molecule has 1 aromatic heterocycles. The minimum Gasteiger partial charge on any atom is -0.383 e. The molecule has 0 aromatic carbocycles. The molecule has 1 atom stereocenters. The number of hydrogen-bond acceptors (Lipinski definition) is 4. The maximum atomic E-state index is 5.75. The van der Waals surface area contributed by atoms with Crippen molar-refractivity contribution < 1.29 is 4.74 Å². The van der Waals surface area contributed by atoms with E-state index in [1.807, 2.05) is 13.0 Å². The number of alkyl halides is 1. The summed E-state index contributed by atoms with van der Waals surface area (Å²) in [6.45, 7) is 2.48. The summed E-state index contributed by atoms with van der Waals surface area (Å²) < 4.78 is 5.01. The van der Waals surface area contributed by atoms with Crippen molar-refractivity contribution in [3.8, 4) is 0 Å². The number of halogens is 1. The molecular weight excluding hydrogens is 202 g/mol. The predicted molar refractivity (Wildman–Crippen MR) is 56.8 cm³/mol. The van der Waals surface area contributed by atoms with E-state index in [2.05, 4.69) is 15.3 Å². The minimum atomic E-state index is 0.0796. The topological polar surface area (TPSA) is 47.0 Å². The standard InChI is InChI=1S/C9H14ClN3O/c1-7-3-9(12-6-11-7)13-8(4-10)5-14-2/h3,6,8H,4-5H2,1-2H3,(H,11,12,13). The third-order valence-corrected chi connectivity index (χ3v) is 2.08. The van der Waals surface area contributed by atoms with Crippen molar-refractivity contribution in [2.45, 2.75) is 13.0 Å². The number of aryl methyl sites for hydroxylation is 1. The third kappa shape index (κ3) is 3.47. The molecule has 1 heterocycles. The normalized spacial score (nSPS) is 12.5. The summed E-state index contributed by atoms with van der Waals surface area (Å²) in [6, 6.07) is 1.95. The molecule has 0 saturated heterocycles. The summed E-state index contributed by atoms with van der Waals surface area (Å²) in [5.74, 6) is 1.26. The van der Waals surface area contributed by atoms with Crippen LogP contribution in [0.1, 0.15) is 5.69 Å². The molecule has 14 heavy (non-hydrogen) atoms. The predicted octanol–water partition coefficient (Wildman–Crippen LogP) is 1.45. The molecule has 0 fully saturated rings. The van der Waals surface area contributed by atoms with Crippen LogP contribution < -0.4 is 5.32 Å². The summed E-state index contributed by atoms with van der Waals surface area (Å²) >= 11 is 5.75. The molecule has 0 amide bonds. The van der Waals surface area contributed by atoms with Crippen molar-refractivity contribution >= 4 is 17.4 Å². The quantitative estimate of drug-likeness (QED) is 0.756. The summed E-state index contributed by atoms with van der Waals surface area (Å²) in [7, 11) is 1.65. The van der Waals surface area contributed by atoms with Gasteiger partial charge in [0.15, 0.2) is 0 Å². The number of anilines is 1. The van der Waals surface area contributed by atoms with Gasteiger partial charge in [0, 0.05) is 24.8 Å². The zero-order valence-corrected chi connectivity index (χ0v) is 9.08. The van der Waals surface area contributed by atoms with E-state index in [-0.39, 0.29) is 6.04 Å². The average molecular weight is 216 g/mol. The first-order valence-corrected chi connectivity index (χ1v) is 4.89. The van der Waals surface area contributed by atoms with Crippen LogP contribution in [-0.2, 0) is 4.74 Å². The maximum absolute atomic E-state index is 5.75. The van der Waals surface area contributed by atoms with Gasteiger partial charge in [-0.1, -0.05) is 0 Å². The van der Waals surface area contributed by atoms with E-state index in [9.17, 15) is 0 Å². The van der Waals surface area contributed by atoms with Gasteiger partial charge >= 0.3 is 0 Å². The van der Waals surface area contributed by atoms with Crippen molar-refractivity contribution in [2.24, 2.45) is 0 Å². The molecule has 4 nitrogen and oxygen atoms in total. The SMILES string of the molecule is COCC(CCl)Nc1cc(C)ncn1. The van der Waals surface area contributed by atoms with Gasteiger partial charge in [-0.15, -0.1) is 11.6 Å². The highest BCUT2D eigenvalue weighted by Gasteiger charge is 2.06. The van der Waals surface area contributed by atoms with Crippen LogP contribution in [0.3, 0.4) is 0 Å². The van der Waals surface area contributed by atoms with Crippen LogP contribution in [-0.4, -0.2) is 35.6 Å². The monoisotopic (exact) mass is 215 g/mol. The van der Waals surface area contributed by atoms with Crippen LogP contribution in [0.15, 0.2) is 12.4 Å². The lowest BCUT2D eigenvalue weighted by Gasteiger charge is -2.15. The lowest BCUT2D eigenvalue weighted by atomic mass is 10.3. The van der Waals surface area contributed by atoms with E-state index in [0.717, 1.165) is 11.5 Å². The highest BCUT2D eigenvalue weighted by Crippen LogP contribution is 2.05. The van der Waals surface area contributed by atoms with Crippen molar-refractivity contribution in [1.29, 1.82) is 0 Å². The largest absolute Gasteiger partial charge is 0.383 e. The molecular formula is C9H14ClN3O. The lowest BCUT2D eigenvalue weighted by Crippen LogP contribution is -2.27. The second-order valence-corrected chi connectivity index (χ2v) is 3.30. The first-order chi connectivity index (χ1) is 6.76. The molecule has 78 valence electrons. The highest BCUT2D eigenvalue weighted by molar-refractivity contribution is 6.18. The van der Waals surface area contributed by atoms with E-state index in [4.69, 9.17) is 16.3 Å². The summed E-state index contributed by atoms with van der Waals surface area (Å²) in [5.41, 5.74) is 0.924. The second kappa shape index (κ2) is 5.78. The number of rotatable bonds is 5. The van der Waals surface area contributed by atoms with Crippen LogP contribution in [0, 0.1) is 6.92 Å². The Hall–Kier alpha value is -0.870. The van der Waals surface area contributed by atoms with Crippen LogP contribution >= 0.6 is 11.6 Å². The maximum Gasteiger partial charge on any atom is 0.129 e. The average Bonchev–Trinajstić information content (AvgIpc) is 2.17. The summed E-state index contributed by atoms with van der Waals surface area (Å²) in [4.78, 5) is 8.08. The fraction of sp³-hybridized carbons (Fsp3) is 0.556. The number of nitrogens with one attached hydrogen (secondary N) is 1. The molecule has 0 radical (unpaired) electrons. The zero-order chi connectivity index (χ0) is 10.4. The number of aromatic nitrogens is 2. The molecule has 1 N–H and O–H groups in total. The van der Waals surface area contributed by atoms with E-state index in [0.29, 0.717) is 12.5 Å². The summed E-state index contributed by atoms with van der Waals surface area (Å²) in [6.07, 6.45) is 1.52. The van der Waals surface area contributed by atoms with Crippen molar-refractivity contribution in [3.05, 3.63) is 18.1 Å². The van der Waals surface area contributed by atoms with Gasteiger partial charge in [-0.2, -0.15) is 0 Å². The van der Waals surface area contributed by atoms with E-state index in [1.54, 1.807) is 7.11 Å². The fourth-order valence-electron chi connectivity index (χ4n) is 1.07. The van der Waals surface area contributed by atoms with Crippen LogP contribution in [0.25, 0.3) is 0 Å². The Labute approximate surface area is 88.7 Å². The molecule has 0 aliphatic carbocycles. The molecule has 1 rings (SSSR count). The molecule has 0 saturated carbocycles. The van der Waals surface area contributed by atoms with Gasteiger partial charge < -0.3 is 10.1 Å². The highest BCUT2D eigenvalue weighted by atomic mass is 35.5. The van der Waals surface area contributed by atoms with Gasteiger partial charge in [-0.25, -0.2) is 9.97 Å².